The molecular formula is C13H22N4O3. The number of rotatable bonds is 6. The molecule has 1 aliphatic rings. The molecule has 0 saturated carbocycles. The Hall–Kier alpha value is -1.60. The molecule has 4 N–H and O–H groups in total. The Kier molecular flexibility index (Phi) is 4.97. The van der Waals surface area contributed by atoms with E-state index < -0.39 is 5.60 Å². The first-order chi connectivity index (χ1) is 9.64. The van der Waals surface area contributed by atoms with Crippen LogP contribution in [0.25, 0.3) is 0 Å². The summed E-state index contributed by atoms with van der Waals surface area (Å²) in [5.41, 5.74) is 5.56. The molecule has 20 heavy (non-hydrogen) atoms. The van der Waals surface area contributed by atoms with Crippen molar-refractivity contribution in [3.05, 3.63) is 6.33 Å². The molecule has 7 nitrogen and oxygen atoms in total. The number of nitrogens with one attached hydrogen (secondary N) is 1. The average molecular weight is 282 g/mol. The SMILES string of the molecule is CCCOc1ncnc(NCC2(O)CCOCC2)c1N. The third-order valence-corrected chi connectivity index (χ3v) is 3.30. The van der Waals surface area contributed by atoms with Crippen LogP contribution >= 0.6 is 0 Å². The van der Waals surface area contributed by atoms with Crippen molar-refractivity contribution in [3.63, 3.8) is 0 Å². The van der Waals surface area contributed by atoms with Gasteiger partial charge in [0.05, 0.1) is 12.2 Å². The minimum atomic E-state index is -0.778. The Morgan fingerprint density at radius 3 is 2.90 bits per heavy atom. The summed E-state index contributed by atoms with van der Waals surface area (Å²) in [5, 5.41) is 13.5. The highest BCUT2D eigenvalue weighted by Crippen LogP contribution is 2.26. The Balaban J connectivity index is 1.98. The van der Waals surface area contributed by atoms with Crippen LogP contribution in [0, 0.1) is 0 Å². The lowest BCUT2D eigenvalue weighted by molar-refractivity contribution is -0.0543. The van der Waals surface area contributed by atoms with Crippen molar-refractivity contribution < 1.29 is 14.6 Å². The Bertz CT molecular complexity index is 436. The fourth-order valence-electron chi connectivity index (χ4n) is 2.01. The van der Waals surface area contributed by atoms with E-state index in [0.717, 1.165) is 6.42 Å². The molecule has 2 heterocycles. The molecule has 1 fully saturated rings. The van der Waals surface area contributed by atoms with Crippen molar-refractivity contribution in [1.82, 2.24) is 9.97 Å². The summed E-state index contributed by atoms with van der Waals surface area (Å²) >= 11 is 0. The molecule has 1 aliphatic heterocycles. The predicted octanol–water partition coefficient (Wildman–Crippen LogP) is 0.801. The van der Waals surface area contributed by atoms with E-state index in [4.69, 9.17) is 15.2 Å². The maximum Gasteiger partial charge on any atom is 0.242 e. The predicted molar refractivity (Wildman–Crippen MR) is 75.7 cm³/mol. The topological polar surface area (TPSA) is 103 Å². The van der Waals surface area contributed by atoms with Crippen molar-refractivity contribution >= 4 is 11.5 Å². The molecule has 0 bridgehead atoms. The van der Waals surface area contributed by atoms with Crippen LogP contribution in [0.3, 0.4) is 0 Å². The van der Waals surface area contributed by atoms with E-state index >= 15 is 0 Å². The second kappa shape index (κ2) is 6.71. The van der Waals surface area contributed by atoms with Crippen LogP contribution in [-0.4, -0.2) is 47.0 Å². The molecule has 0 spiro atoms. The maximum absolute atomic E-state index is 10.4. The highest BCUT2D eigenvalue weighted by molar-refractivity contribution is 5.66. The number of ether oxygens (including phenoxy) is 2. The molecule has 1 saturated heterocycles. The van der Waals surface area contributed by atoms with Gasteiger partial charge in [-0.05, 0) is 6.42 Å². The fourth-order valence-corrected chi connectivity index (χ4v) is 2.01. The number of nitrogen functional groups attached to an aromatic ring is 1. The van der Waals surface area contributed by atoms with Gasteiger partial charge in [-0.25, -0.2) is 4.98 Å². The summed E-state index contributed by atoms with van der Waals surface area (Å²) < 4.78 is 10.7. The largest absolute Gasteiger partial charge is 0.476 e. The monoisotopic (exact) mass is 282 g/mol. The van der Waals surface area contributed by atoms with Gasteiger partial charge in [-0.15, -0.1) is 0 Å². The van der Waals surface area contributed by atoms with Crippen LogP contribution in [0.4, 0.5) is 11.5 Å². The van der Waals surface area contributed by atoms with Crippen LogP contribution in [0.15, 0.2) is 6.33 Å². The summed E-state index contributed by atoms with van der Waals surface area (Å²) in [7, 11) is 0. The molecular weight excluding hydrogens is 260 g/mol. The van der Waals surface area contributed by atoms with Gasteiger partial charge in [-0.1, -0.05) is 6.92 Å². The molecule has 7 heteroatoms. The van der Waals surface area contributed by atoms with Crippen molar-refractivity contribution in [2.75, 3.05) is 37.4 Å². The quantitative estimate of drug-likeness (QED) is 0.709. The number of aliphatic hydroxyl groups is 1. The lowest BCUT2D eigenvalue weighted by Gasteiger charge is -2.32. The first kappa shape index (κ1) is 14.8. The van der Waals surface area contributed by atoms with E-state index in [0.29, 0.717) is 56.6 Å². The van der Waals surface area contributed by atoms with Crippen molar-refractivity contribution in [2.24, 2.45) is 0 Å². The lowest BCUT2D eigenvalue weighted by Crippen LogP contribution is -2.42. The zero-order valence-corrected chi connectivity index (χ0v) is 11.8. The van der Waals surface area contributed by atoms with Crippen LogP contribution in [0.5, 0.6) is 5.88 Å². The number of nitrogens with zero attached hydrogens (tertiary/aromatic N) is 2. The molecule has 112 valence electrons. The molecule has 0 atom stereocenters. The number of nitrogens with two attached hydrogens (primary N) is 1. The van der Waals surface area contributed by atoms with E-state index in [1.54, 1.807) is 0 Å². The summed E-state index contributed by atoms with van der Waals surface area (Å²) in [6.45, 7) is 4.09. The van der Waals surface area contributed by atoms with E-state index in [1.165, 1.54) is 6.33 Å². The van der Waals surface area contributed by atoms with Gasteiger partial charge in [-0.3, -0.25) is 0 Å². The van der Waals surface area contributed by atoms with E-state index in [-0.39, 0.29) is 0 Å². The number of hydrogen-bond acceptors (Lipinski definition) is 7. The van der Waals surface area contributed by atoms with Gasteiger partial charge in [0.1, 0.15) is 12.0 Å². The minimum Gasteiger partial charge on any atom is -0.476 e. The molecule has 0 amide bonds. The van der Waals surface area contributed by atoms with Gasteiger partial charge >= 0.3 is 0 Å². The van der Waals surface area contributed by atoms with Crippen molar-refractivity contribution in [1.29, 1.82) is 0 Å². The first-order valence-corrected chi connectivity index (χ1v) is 6.92. The Morgan fingerprint density at radius 1 is 1.45 bits per heavy atom. The third kappa shape index (κ3) is 3.71. The highest BCUT2D eigenvalue weighted by atomic mass is 16.5. The van der Waals surface area contributed by atoms with Gasteiger partial charge in [0.2, 0.25) is 5.88 Å². The minimum absolute atomic E-state index is 0.372. The molecule has 0 aromatic carbocycles. The Labute approximate surface area is 118 Å². The summed E-state index contributed by atoms with van der Waals surface area (Å²) in [4.78, 5) is 8.10. The number of hydrogen-bond donors (Lipinski definition) is 3. The Morgan fingerprint density at radius 2 is 2.20 bits per heavy atom. The second-order valence-corrected chi connectivity index (χ2v) is 4.98. The van der Waals surface area contributed by atoms with Crippen molar-refractivity contribution in [2.45, 2.75) is 31.8 Å². The van der Waals surface area contributed by atoms with Gasteiger partial charge in [-0.2, -0.15) is 4.98 Å². The van der Waals surface area contributed by atoms with E-state index in [1.807, 2.05) is 6.92 Å². The molecule has 0 aliphatic carbocycles. The normalized spacial score (nSPS) is 17.7. The zero-order chi connectivity index (χ0) is 14.4. The van der Waals surface area contributed by atoms with Gasteiger partial charge in [0, 0.05) is 32.6 Å². The average Bonchev–Trinajstić information content (AvgIpc) is 2.46. The number of anilines is 2. The van der Waals surface area contributed by atoms with Crippen molar-refractivity contribution in [3.8, 4) is 5.88 Å². The molecule has 2 rings (SSSR count). The van der Waals surface area contributed by atoms with E-state index in [2.05, 4.69) is 15.3 Å². The summed E-state index contributed by atoms with van der Waals surface area (Å²) in [6.07, 6.45) is 3.48. The third-order valence-electron chi connectivity index (χ3n) is 3.30. The first-order valence-electron chi connectivity index (χ1n) is 6.92. The lowest BCUT2D eigenvalue weighted by atomic mass is 9.94. The van der Waals surface area contributed by atoms with Crippen LogP contribution in [0.2, 0.25) is 0 Å². The standard InChI is InChI=1S/C13H22N4O3/c1-2-5-20-12-10(14)11(16-9-17-12)15-8-13(18)3-6-19-7-4-13/h9,18H,2-8,14H2,1H3,(H,15,16,17). The van der Waals surface area contributed by atoms with E-state index in [9.17, 15) is 5.11 Å². The molecule has 1 aromatic rings. The molecule has 0 radical (unpaired) electrons. The summed E-state index contributed by atoms with van der Waals surface area (Å²) in [5.74, 6) is 0.870. The molecule has 1 aromatic heterocycles. The maximum atomic E-state index is 10.4. The van der Waals surface area contributed by atoms with Gasteiger partial charge in [0.15, 0.2) is 5.82 Å². The smallest absolute Gasteiger partial charge is 0.242 e. The fraction of sp³-hybridized carbons (Fsp3) is 0.692. The zero-order valence-electron chi connectivity index (χ0n) is 11.8. The molecule has 0 unspecified atom stereocenters. The summed E-state index contributed by atoms with van der Waals surface area (Å²) in [6, 6.07) is 0. The number of aromatic nitrogens is 2. The van der Waals surface area contributed by atoms with Gasteiger partial charge in [0.25, 0.3) is 0 Å². The van der Waals surface area contributed by atoms with Crippen LogP contribution in [-0.2, 0) is 4.74 Å². The van der Waals surface area contributed by atoms with Crippen LogP contribution < -0.4 is 15.8 Å². The van der Waals surface area contributed by atoms with Crippen LogP contribution in [0.1, 0.15) is 26.2 Å². The second-order valence-electron chi connectivity index (χ2n) is 4.98. The highest BCUT2D eigenvalue weighted by Gasteiger charge is 2.29. The van der Waals surface area contributed by atoms with Gasteiger partial charge < -0.3 is 25.6 Å².